The number of nitrogens with one attached hydrogen (secondary N) is 1. The Morgan fingerprint density at radius 3 is 2.54 bits per heavy atom. The van der Waals surface area contributed by atoms with Gasteiger partial charge in [-0.25, -0.2) is 0 Å². The minimum Gasteiger partial charge on any atom is -0.476 e. The molecule has 0 bridgehead atoms. The van der Waals surface area contributed by atoms with Crippen molar-refractivity contribution in [3.05, 3.63) is 47.5 Å². The summed E-state index contributed by atoms with van der Waals surface area (Å²) in [6.07, 6.45) is 4.01. The molecule has 7 nitrogen and oxygen atoms in total. The van der Waals surface area contributed by atoms with Gasteiger partial charge in [-0.1, -0.05) is 64.4 Å². The third-order valence-electron chi connectivity index (χ3n) is 6.49. The Morgan fingerprint density at radius 1 is 1.14 bits per heavy atom. The first-order chi connectivity index (χ1) is 18.0. The number of aromatic nitrogens is 1. The maximum Gasteiger partial charge on any atom is 0.217 e. The summed E-state index contributed by atoms with van der Waals surface area (Å²) >= 11 is 0. The molecule has 1 atom stereocenters. The molecule has 1 aliphatic heterocycles. The van der Waals surface area contributed by atoms with Gasteiger partial charge in [-0.15, -0.1) is 0 Å². The quantitative estimate of drug-likeness (QED) is 0.257. The van der Waals surface area contributed by atoms with Crippen LogP contribution in [-0.2, 0) is 0 Å². The molecule has 1 aromatic heterocycles. The fourth-order valence-electron chi connectivity index (χ4n) is 4.66. The van der Waals surface area contributed by atoms with Gasteiger partial charge < -0.3 is 9.64 Å². The summed E-state index contributed by atoms with van der Waals surface area (Å²) in [4.78, 5) is 12.1. The van der Waals surface area contributed by atoms with Crippen LogP contribution in [0.5, 0.6) is 5.88 Å². The van der Waals surface area contributed by atoms with E-state index in [1.165, 1.54) is 5.56 Å². The van der Waals surface area contributed by atoms with E-state index >= 15 is 0 Å². The highest BCUT2D eigenvalue weighted by Gasteiger charge is 2.22. The molecule has 0 amide bonds. The number of hydrogen-bond acceptors (Lipinski definition) is 7. The smallest absolute Gasteiger partial charge is 0.217 e. The molecule has 1 N–H and O–H groups in total. The number of pyridine rings is 1. The average molecular weight is 513 g/mol. The van der Waals surface area contributed by atoms with Crippen LogP contribution in [0.15, 0.2) is 41.5 Å². The van der Waals surface area contributed by atoms with Gasteiger partial charge in [0.25, 0.3) is 0 Å². The van der Waals surface area contributed by atoms with Gasteiger partial charge in [-0.05, 0) is 38.8 Å². The average Bonchev–Trinajstić information content (AvgIpc) is 2.90. The summed E-state index contributed by atoms with van der Waals surface area (Å²) < 4.78 is 6.18. The molecule has 2 heterocycles. The highest BCUT2D eigenvalue weighted by Crippen LogP contribution is 2.25. The number of rotatable bonds is 13. The van der Waals surface area contributed by atoms with E-state index in [1.807, 2.05) is 32.2 Å². The van der Waals surface area contributed by atoms with Crippen molar-refractivity contribution in [2.75, 3.05) is 62.7 Å². The van der Waals surface area contributed by atoms with Crippen molar-refractivity contribution in [2.45, 2.75) is 67.3 Å². The van der Waals surface area contributed by atoms with E-state index in [0.29, 0.717) is 24.3 Å². The summed E-state index contributed by atoms with van der Waals surface area (Å²) in [6, 6.07) is 13.0. The lowest BCUT2D eigenvalue weighted by atomic mass is 10.2. The Kier molecular flexibility index (Phi) is 14.0. The van der Waals surface area contributed by atoms with E-state index in [-0.39, 0.29) is 1.43 Å². The summed E-state index contributed by atoms with van der Waals surface area (Å²) in [7, 11) is 0. The SMILES string of the molecule is CC.CCCN(CCC)c1cc(N/N=C/c2cccc(C)c2)nc(OCCN2CCN(CC)C(C)C2)c1.[HH]. The Balaban J connectivity index is 0.00000235. The van der Waals surface area contributed by atoms with Gasteiger partial charge in [0.15, 0.2) is 5.82 Å². The number of benzene rings is 1. The molecule has 0 radical (unpaired) electrons. The number of hydrogen-bond donors (Lipinski definition) is 1. The largest absolute Gasteiger partial charge is 0.476 e. The number of nitrogens with zero attached hydrogens (tertiary/aromatic N) is 5. The van der Waals surface area contributed by atoms with Gasteiger partial charge in [-0.2, -0.15) is 10.1 Å². The van der Waals surface area contributed by atoms with Crippen LogP contribution >= 0.6 is 0 Å². The predicted octanol–water partition coefficient (Wildman–Crippen LogP) is 6.14. The topological polar surface area (TPSA) is 56.2 Å². The Morgan fingerprint density at radius 2 is 1.89 bits per heavy atom. The van der Waals surface area contributed by atoms with E-state index < -0.39 is 0 Å². The highest BCUT2D eigenvalue weighted by atomic mass is 16.5. The second-order valence-electron chi connectivity index (χ2n) is 9.45. The Bertz CT molecular complexity index is 935. The zero-order valence-electron chi connectivity index (χ0n) is 24.3. The fourth-order valence-corrected chi connectivity index (χ4v) is 4.66. The second-order valence-corrected chi connectivity index (χ2v) is 9.45. The molecule has 3 rings (SSSR count). The molecular weight excluding hydrogens is 460 g/mol. The highest BCUT2D eigenvalue weighted by molar-refractivity contribution is 5.80. The molecule has 2 aromatic rings. The van der Waals surface area contributed by atoms with Crippen LogP contribution in [0.1, 0.15) is 66.9 Å². The molecule has 1 fully saturated rings. The van der Waals surface area contributed by atoms with Gasteiger partial charge in [0.1, 0.15) is 6.61 Å². The monoisotopic (exact) mass is 512 g/mol. The third-order valence-corrected chi connectivity index (χ3v) is 6.49. The summed E-state index contributed by atoms with van der Waals surface area (Å²) in [6.45, 7) is 23.0. The number of ether oxygens (including phenoxy) is 1. The van der Waals surface area contributed by atoms with E-state index in [4.69, 9.17) is 9.72 Å². The molecule has 1 aliphatic rings. The van der Waals surface area contributed by atoms with Crippen molar-refractivity contribution >= 4 is 17.7 Å². The van der Waals surface area contributed by atoms with Crippen molar-refractivity contribution in [3.8, 4) is 5.88 Å². The first-order valence-electron chi connectivity index (χ1n) is 14.2. The first kappa shape index (κ1) is 30.6. The zero-order valence-corrected chi connectivity index (χ0v) is 24.3. The molecule has 7 heteroatoms. The van der Waals surface area contributed by atoms with E-state index in [2.05, 4.69) is 84.1 Å². The van der Waals surface area contributed by atoms with Crippen molar-refractivity contribution in [1.29, 1.82) is 0 Å². The molecule has 208 valence electrons. The summed E-state index contributed by atoms with van der Waals surface area (Å²) in [5.74, 6) is 1.34. The van der Waals surface area contributed by atoms with Crippen molar-refractivity contribution < 1.29 is 6.16 Å². The second kappa shape index (κ2) is 17.0. The van der Waals surface area contributed by atoms with Crippen LogP contribution in [0, 0.1) is 6.92 Å². The van der Waals surface area contributed by atoms with Gasteiger partial charge in [0, 0.05) is 64.6 Å². The van der Waals surface area contributed by atoms with Crippen LogP contribution in [0.3, 0.4) is 0 Å². The minimum atomic E-state index is 0. The molecule has 0 spiro atoms. The maximum atomic E-state index is 6.18. The van der Waals surface area contributed by atoms with Crippen molar-refractivity contribution in [3.63, 3.8) is 0 Å². The van der Waals surface area contributed by atoms with E-state index in [9.17, 15) is 0 Å². The standard InChI is InChI=1S/C28H44N6O.C2H6.H2/c1-6-12-34(13-7-2)26-19-27(31-29-21-25-11-9-10-23(4)18-25)30-28(20-26)35-17-16-32-14-15-33(8-3)24(5)22-32;1-2;/h9-11,18-21,24H,6-8,12-17,22H2,1-5H3,(H,30,31);1-2H3;1H/b29-21+;;. The predicted molar refractivity (Wildman–Crippen MR) is 162 cm³/mol. The lowest BCUT2D eigenvalue weighted by Gasteiger charge is -2.39. The number of piperazine rings is 1. The number of aryl methyl sites for hydroxylation is 1. The fraction of sp³-hybridized carbons (Fsp3) is 0.600. The van der Waals surface area contributed by atoms with Crippen LogP contribution in [-0.4, -0.2) is 79.5 Å². The van der Waals surface area contributed by atoms with E-state index in [1.54, 1.807) is 0 Å². The van der Waals surface area contributed by atoms with E-state index in [0.717, 1.165) is 69.9 Å². The van der Waals surface area contributed by atoms with Crippen LogP contribution in [0.25, 0.3) is 0 Å². The number of likely N-dealkylation sites (N-methyl/N-ethyl adjacent to an activating group) is 1. The van der Waals surface area contributed by atoms with Gasteiger partial charge >= 0.3 is 0 Å². The molecular formula is C30H52N6O. The van der Waals surface area contributed by atoms with Crippen LogP contribution in [0.4, 0.5) is 11.5 Å². The normalized spacial score (nSPS) is 16.4. The molecule has 0 aliphatic carbocycles. The number of hydrazone groups is 1. The molecule has 1 saturated heterocycles. The zero-order chi connectivity index (χ0) is 27.0. The molecule has 37 heavy (non-hydrogen) atoms. The first-order valence-corrected chi connectivity index (χ1v) is 14.2. The van der Waals surface area contributed by atoms with Gasteiger partial charge in [-0.3, -0.25) is 15.2 Å². The minimum absolute atomic E-state index is 0. The lowest BCUT2D eigenvalue weighted by molar-refractivity contribution is 0.0776. The third kappa shape index (κ3) is 10.3. The molecule has 1 unspecified atom stereocenters. The summed E-state index contributed by atoms with van der Waals surface area (Å²) in [5.41, 5.74) is 6.52. The number of anilines is 2. The Labute approximate surface area is 227 Å². The van der Waals surface area contributed by atoms with Crippen molar-refractivity contribution in [2.24, 2.45) is 5.10 Å². The summed E-state index contributed by atoms with van der Waals surface area (Å²) in [5, 5.41) is 4.44. The van der Waals surface area contributed by atoms with Gasteiger partial charge in [0.2, 0.25) is 5.88 Å². The molecule has 1 aromatic carbocycles. The maximum absolute atomic E-state index is 6.18. The van der Waals surface area contributed by atoms with Crippen molar-refractivity contribution in [1.82, 2.24) is 14.8 Å². The lowest BCUT2D eigenvalue weighted by Crippen LogP contribution is -2.52. The van der Waals surface area contributed by atoms with Crippen LogP contribution < -0.4 is 15.1 Å². The molecule has 0 saturated carbocycles. The van der Waals surface area contributed by atoms with Crippen LogP contribution in [0.2, 0.25) is 0 Å². The van der Waals surface area contributed by atoms with Gasteiger partial charge in [0.05, 0.1) is 6.21 Å². The Hall–Kier alpha value is -2.64.